The second-order valence-corrected chi connectivity index (χ2v) is 7.76. The first-order valence-electron chi connectivity index (χ1n) is 10.1. The van der Waals surface area contributed by atoms with E-state index >= 15 is 0 Å². The zero-order valence-corrected chi connectivity index (χ0v) is 17.0. The molecule has 0 unspecified atom stereocenters. The largest absolute Gasteiger partial charge is 0.454 e. The first-order chi connectivity index (χ1) is 15.8. The molecule has 2 atom stereocenters. The minimum Gasteiger partial charge on any atom is -0.454 e. The molecule has 2 aliphatic rings. The molecule has 0 saturated heterocycles. The van der Waals surface area contributed by atoms with Crippen molar-refractivity contribution in [3.05, 3.63) is 71.2 Å². The zero-order valence-electron chi connectivity index (χ0n) is 17.0. The fraction of sp³-hybridized carbons (Fsp3) is 0.273. The maximum Gasteiger partial charge on any atom is 0.410 e. The molecule has 11 heteroatoms. The highest BCUT2D eigenvalue weighted by atomic mass is 19.4. The van der Waals surface area contributed by atoms with Crippen molar-refractivity contribution in [3.63, 3.8) is 0 Å². The van der Waals surface area contributed by atoms with Gasteiger partial charge in [-0.05, 0) is 35.4 Å². The van der Waals surface area contributed by atoms with Gasteiger partial charge in [0.2, 0.25) is 6.79 Å². The maximum atomic E-state index is 13.8. The average Bonchev–Trinajstić information content (AvgIpc) is 3.43. The van der Waals surface area contributed by atoms with Crippen LogP contribution < -0.4 is 20.1 Å². The van der Waals surface area contributed by atoms with Crippen LogP contribution in [0.4, 0.5) is 23.4 Å². The Labute approximate surface area is 185 Å². The molecule has 0 fully saturated rings. The number of hydrogen-bond acceptors (Lipinski definition) is 5. The van der Waals surface area contributed by atoms with Crippen LogP contribution >= 0.6 is 0 Å². The summed E-state index contributed by atoms with van der Waals surface area (Å²) >= 11 is 0. The van der Waals surface area contributed by atoms with E-state index in [4.69, 9.17) is 9.47 Å². The Morgan fingerprint density at radius 1 is 1.15 bits per heavy atom. The van der Waals surface area contributed by atoms with Crippen molar-refractivity contribution in [2.24, 2.45) is 0 Å². The number of nitrogens with zero attached hydrogens (tertiary/aromatic N) is 2. The van der Waals surface area contributed by atoms with Crippen molar-refractivity contribution >= 4 is 11.7 Å². The lowest BCUT2D eigenvalue weighted by Gasteiger charge is -2.34. The van der Waals surface area contributed by atoms with Gasteiger partial charge in [-0.3, -0.25) is 4.79 Å². The Hall–Kier alpha value is -3.76. The smallest absolute Gasteiger partial charge is 0.410 e. The number of carbonyl (C=O) groups excluding carboxylic acids is 1. The molecule has 172 valence electrons. The van der Waals surface area contributed by atoms with Gasteiger partial charge in [0.05, 0.1) is 12.2 Å². The molecule has 0 saturated carbocycles. The van der Waals surface area contributed by atoms with E-state index in [2.05, 4.69) is 15.7 Å². The molecule has 33 heavy (non-hydrogen) atoms. The minimum absolute atomic E-state index is 0.0168. The lowest BCUT2D eigenvalue weighted by molar-refractivity contribution is -0.173. The summed E-state index contributed by atoms with van der Waals surface area (Å²) in [7, 11) is 0. The summed E-state index contributed by atoms with van der Waals surface area (Å²) in [6.07, 6.45) is -3.81. The fourth-order valence-electron chi connectivity index (χ4n) is 3.97. The Balaban J connectivity index is 1.39. The van der Waals surface area contributed by atoms with Crippen LogP contribution in [0.5, 0.6) is 11.5 Å². The van der Waals surface area contributed by atoms with Crippen molar-refractivity contribution in [1.82, 2.24) is 15.1 Å². The van der Waals surface area contributed by atoms with Gasteiger partial charge >= 0.3 is 6.18 Å². The van der Waals surface area contributed by atoms with E-state index in [0.29, 0.717) is 17.1 Å². The number of benzene rings is 2. The number of aromatic nitrogens is 2. The number of fused-ring (bicyclic) bond motifs is 2. The number of hydrogen-bond donors (Lipinski definition) is 2. The lowest BCUT2D eigenvalue weighted by atomic mass is 9.96. The predicted octanol–water partition coefficient (Wildman–Crippen LogP) is 4.34. The number of anilines is 1. The van der Waals surface area contributed by atoms with Gasteiger partial charge in [0.25, 0.3) is 5.91 Å². The van der Waals surface area contributed by atoms with Gasteiger partial charge in [0.15, 0.2) is 17.5 Å². The molecule has 0 aliphatic carbocycles. The molecule has 3 aromatic rings. The number of amides is 1. The molecule has 7 nitrogen and oxygen atoms in total. The maximum absolute atomic E-state index is 13.8. The van der Waals surface area contributed by atoms with Gasteiger partial charge in [0.1, 0.15) is 17.2 Å². The molecule has 2 aromatic carbocycles. The molecular formula is C22H18F4N4O3. The molecule has 0 bridgehead atoms. The summed E-state index contributed by atoms with van der Waals surface area (Å²) in [6, 6.07) is 7.70. The number of rotatable bonds is 4. The third-order valence-electron chi connectivity index (χ3n) is 5.65. The molecule has 2 aliphatic heterocycles. The van der Waals surface area contributed by atoms with Crippen molar-refractivity contribution in [2.75, 3.05) is 12.1 Å². The Morgan fingerprint density at radius 2 is 1.91 bits per heavy atom. The quantitative estimate of drug-likeness (QED) is 0.564. The van der Waals surface area contributed by atoms with E-state index in [-0.39, 0.29) is 31.1 Å². The Bertz CT molecular complexity index is 1190. The van der Waals surface area contributed by atoms with Gasteiger partial charge in [-0.25, -0.2) is 9.07 Å². The molecule has 0 radical (unpaired) electrons. The summed E-state index contributed by atoms with van der Waals surface area (Å²) in [4.78, 5) is 12.8. The second kappa shape index (κ2) is 7.98. The number of halogens is 4. The topological polar surface area (TPSA) is 77.4 Å². The second-order valence-electron chi connectivity index (χ2n) is 7.76. The zero-order chi connectivity index (χ0) is 23.2. The number of carbonyl (C=O) groups is 1. The summed E-state index contributed by atoms with van der Waals surface area (Å²) < 4.78 is 66.0. The van der Waals surface area contributed by atoms with Crippen LogP contribution in [0, 0.1) is 5.82 Å². The first-order valence-corrected chi connectivity index (χ1v) is 10.1. The normalized spacial score (nSPS) is 19.0. The van der Waals surface area contributed by atoms with E-state index in [1.807, 2.05) is 0 Å². The highest BCUT2D eigenvalue weighted by molar-refractivity contribution is 5.98. The van der Waals surface area contributed by atoms with Gasteiger partial charge in [-0.1, -0.05) is 18.2 Å². The third-order valence-corrected chi connectivity index (χ3v) is 5.65. The van der Waals surface area contributed by atoms with Crippen LogP contribution in [0.1, 0.15) is 40.0 Å². The standard InChI is InChI=1S/C22H18F4N4O3/c23-14-4-2-13(3-5-14)16-8-19(22(24,25)26)30-20(29-16)15(10-28-30)21(31)27-9-12-1-6-17-18(7-12)33-11-32-17/h1-7,10,16,19,29H,8-9,11H2,(H,27,31)/t16-,19-/m0/s1. The molecule has 0 spiro atoms. The highest BCUT2D eigenvalue weighted by Gasteiger charge is 2.47. The molecule has 3 heterocycles. The van der Waals surface area contributed by atoms with Crippen LogP contribution in [0.25, 0.3) is 0 Å². The van der Waals surface area contributed by atoms with E-state index in [0.717, 1.165) is 16.4 Å². The molecular weight excluding hydrogens is 444 g/mol. The Kier molecular flexibility index (Phi) is 5.10. The lowest BCUT2D eigenvalue weighted by Crippen LogP contribution is -2.36. The van der Waals surface area contributed by atoms with Gasteiger partial charge in [-0.2, -0.15) is 18.3 Å². The first kappa shape index (κ1) is 21.1. The van der Waals surface area contributed by atoms with Gasteiger partial charge in [-0.15, -0.1) is 0 Å². The van der Waals surface area contributed by atoms with Crippen LogP contribution in [-0.2, 0) is 6.54 Å². The minimum atomic E-state index is -4.58. The van der Waals surface area contributed by atoms with Crippen molar-refractivity contribution < 1.29 is 31.8 Å². The summed E-state index contributed by atoms with van der Waals surface area (Å²) in [5.41, 5.74) is 1.19. The van der Waals surface area contributed by atoms with E-state index in [1.54, 1.807) is 18.2 Å². The van der Waals surface area contributed by atoms with Crippen LogP contribution in [-0.4, -0.2) is 28.7 Å². The number of nitrogens with one attached hydrogen (secondary N) is 2. The van der Waals surface area contributed by atoms with Gasteiger partial charge < -0.3 is 20.1 Å². The van der Waals surface area contributed by atoms with Crippen molar-refractivity contribution in [3.8, 4) is 11.5 Å². The Morgan fingerprint density at radius 3 is 2.67 bits per heavy atom. The van der Waals surface area contributed by atoms with Crippen molar-refractivity contribution in [1.29, 1.82) is 0 Å². The van der Waals surface area contributed by atoms with E-state index in [1.165, 1.54) is 24.3 Å². The molecule has 1 amide bonds. The summed E-state index contributed by atoms with van der Waals surface area (Å²) in [6.45, 7) is 0.249. The third kappa shape index (κ3) is 4.06. The van der Waals surface area contributed by atoms with E-state index < -0.39 is 30.0 Å². The fourth-order valence-corrected chi connectivity index (χ4v) is 3.97. The molecule has 1 aromatic heterocycles. The van der Waals surface area contributed by atoms with Gasteiger partial charge in [0, 0.05) is 13.0 Å². The molecule has 5 rings (SSSR count). The monoisotopic (exact) mass is 462 g/mol. The summed E-state index contributed by atoms with van der Waals surface area (Å²) in [5, 5.41) is 9.52. The highest BCUT2D eigenvalue weighted by Crippen LogP contribution is 2.44. The number of ether oxygens (including phenoxy) is 2. The number of alkyl halides is 3. The SMILES string of the molecule is O=C(NCc1ccc2c(c1)OCO2)c1cnn2c1N[C@H](c1ccc(F)cc1)C[C@H]2C(F)(F)F. The summed E-state index contributed by atoms with van der Waals surface area (Å²) in [5.74, 6) is 0.0465. The van der Waals surface area contributed by atoms with E-state index in [9.17, 15) is 22.4 Å². The van der Waals surface area contributed by atoms with Crippen LogP contribution in [0.2, 0.25) is 0 Å². The average molecular weight is 462 g/mol. The van der Waals surface area contributed by atoms with Crippen LogP contribution in [0.3, 0.4) is 0 Å². The predicted molar refractivity (Wildman–Crippen MR) is 108 cm³/mol. The van der Waals surface area contributed by atoms with Crippen molar-refractivity contribution in [2.45, 2.75) is 31.2 Å². The molecule has 2 N–H and O–H groups in total. The van der Waals surface area contributed by atoms with Crippen LogP contribution in [0.15, 0.2) is 48.7 Å².